The van der Waals surface area contributed by atoms with Crippen molar-refractivity contribution in [2.45, 2.75) is 19.4 Å². The van der Waals surface area contributed by atoms with E-state index in [0.29, 0.717) is 31.2 Å². The molecule has 8 heteroatoms. The zero-order valence-electron chi connectivity index (χ0n) is 18.7. The van der Waals surface area contributed by atoms with Gasteiger partial charge in [0.2, 0.25) is 11.8 Å². The number of pyridine rings is 2. The van der Waals surface area contributed by atoms with E-state index in [4.69, 9.17) is 4.74 Å². The number of nitrogens with zero attached hydrogens (tertiary/aromatic N) is 4. The fourth-order valence-corrected chi connectivity index (χ4v) is 3.84. The number of hydrogen-bond acceptors (Lipinski definition) is 6. The molecule has 8 nitrogen and oxygen atoms in total. The fourth-order valence-electron chi connectivity index (χ4n) is 3.84. The number of ether oxygens (including phenoxy) is 1. The van der Waals surface area contributed by atoms with E-state index in [9.17, 15) is 9.59 Å². The lowest BCUT2D eigenvalue weighted by molar-refractivity contribution is -0.125. The lowest BCUT2D eigenvalue weighted by Crippen LogP contribution is -2.41. The van der Waals surface area contributed by atoms with Gasteiger partial charge in [0.05, 0.1) is 7.11 Å². The minimum absolute atomic E-state index is 0.0203. The minimum atomic E-state index is -0.137. The molecule has 0 spiro atoms. The first-order valence-corrected chi connectivity index (χ1v) is 10.5. The predicted octanol–water partition coefficient (Wildman–Crippen LogP) is 1.99. The third-order valence-electron chi connectivity index (χ3n) is 5.46. The van der Waals surface area contributed by atoms with Gasteiger partial charge in [-0.15, -0.1) is 0 Å². The van der Waals surface area contributed by atoms with E-state index in [2.05, 4.69) is 14.9 Å². The molecule has 1 fully saturated rings. The number of hydrogen-bond donors (Lipinski definition) is 1. The van der Waals surface area contributed by atoms with Crippen LogP contribution in [0.1, 0.15) is 13.3 Å². The van der Waals surface area contributed by atoms with Gasteiger partial charge in [-0.05, 0) is 45.1 Å². The lowest BCUT2D eigenvalue weighted by Gasteiger charge is -2.29. The largest absolute Gasteiger partial charge is 0.481 e. The molecule has 1 amide bonds. The molecule has 166 valence electrons. The van der Waals surface area contributed by atoms with Gasteiger partial charge in [0.15, 0.2) is 0 Å². The van der Waals surface area contributed by atoms with Gasteiger partial charge in [-0.25, -0.2) is 4.98 Å². The van der Waals surface area contributed by atoms with E-state index in [0.717, 1.165) is 24.1 Å². The first kappa shape index (κ1) is 22.6. The molecule has 1 atom stereocenters. The Morgan fingerprint density at radius 1 is 1.35 bits per heavy atom. The monoisotopic (exact) mass is 425 g/mol. The highest BCUT2D eigenvalue weighted by atomic mass is 16.5. The first-order chi connectivity index (χ1) is 14.9. The van der Waals surface area contributed by atoms with Gasteiger partial charge in [-0.2, -0.15) is 0 Å². The van der Waals surface area contributed by atoms with Crippen LogP contribution in [0.5, 0.6) is 5.88 Å². The SMILES string of the molecule is CCN(c1cc(-c2ccnc(OC)c2)c[nH]c1=O)[C@@H]1CCN(C(=O)C=CCN(C)C)C1. The van der Waals surface area contributed by atoms with Crippen molar-refractivity contribution in [2.75, 3.05) is 52.3 Å². The van der Waals surface area contributed by atoms with E-state index in [1.807, 2.05) is 55.1 Å². The van der Waals surface area contributed by atoms with Crippen LogP contribution in [0.25, 0.3) is 11.1 Å². The van der Waals surface area contributed by atoms with Crippen molar-refractivity contribution in [3.63, 3.8) is 0 Å². The second-order valence-electron chi connectivity index (χ2n) is 7.87. The molecule has 1 aliphatic heterocycles. The normalized spacial score (nSPS) is 16.3. The maximum Gasteiger partial charge on any atom is 0.271 e. The number of amides is 1. The molecule has 3 heterocycles. The quantitative estimate of drug-likeness (QED) is 0.652. The Bertz CT molecular complexity index is 985. The average molecular weight is 426 g/mol. The summed E-state index contributed by atoms with van der Waals surface area (Å²) in [7, 11) is 5.51. The molecular formula is C23H31N5O3. The maximum absolute atomic E-state index is 12.7. The van der Waals surface area contributed by atoms with Gasteiger partial charge in [0.25, 0.3) is 5.56 Å². The summed E-state index contributed by atoms with van der Waals surface area (Å²) in [6.07, 6.45) is 7.73. The summed E-state index contributed by atoms with van der Waals surface area (Å²) in [5.41, 5.74) is 2.27. The summed E-state index contributed by atoms with van der Waals surface area (Å²) in [6, 6.07) is 5.72. The number of aromatic nitrogens is 2. The minimum Gasteiger partial charge on any atom is -0.481 e. The van der Waals surface area contributed by atoms with Crippen LogP contribution < -0.4 is 15.2 Å². The topological polar surface area (TPSA) is 81.8 Å². The van der Waals surface area contributed by atoms with Gasteiger partial charge in [-0.1, -0.05) is 6.08 Å². The van der Waals surface area contributed by atoms with E-state index in [-0.39, 0.29) is 17.5 Å². The fraction of sp³-hybridized carbons (Fsp3) is 0.435. The molecule has 0 bridgehead atoms. The number of carbonyl (C=O) groups is 1. The number of likely N-dealkylation sites (N-methyl/N-ethyl adjacent to an activating group) is 2. The van der Waals surface area contributed by atoms with Crippen molar-refractivity contribution in [2.24, 2.45) is 0 Å². The number of likely N-dealkylation sites (tertiary alicyclic amines) is 1. The summed E-state index contributed by atoms with van der Waals surface area (Å²) in [6.45, 7) is 4.72. The van der Waals surface area contributed by atoms with E-state index >= 15 is 0 Å². The van der Waals surface area contributed by atoms with Crippen LogP contribution in [0.2, 0.25) is 0 Å². The van der Waals surface area contributed by atoms with E-state index in [1.54, 1.807) is 25.6 Å². The molecular weight excluding hydrogens is 394 g/mol. The molecule has 0 aliphatic carbocycles. The molecule has 0 radical (unpaired) electrons. The zero-order valence-corrected chi connectivity index (χ0v) is 18.7. The van der Waals surface area contributed by atoms with E-state index < -0.39 is 0 Å². The Balaban J connectivity index is 1.79. The second kappa shape index (κ2) is 10.3. The van der Waals surface area contributed by atoms with Crippen LogP contribution in [0, 0.1) is 0 Å². The predicted molar refractivity (Wildman–Crippen MR) is 123 cm³/mol. The van der Waals surface area contributed by atoms with Crippen LogP contribution in [0.15, 0.2) is 47.5 Å². The molecule has 1 N–H and O–H groups in total. The summed E-state index contributed by atoms with van der Waals surface area (Å²) < 4.78 is 5.22. The molecule has 31 heavy (non-hydrogen) atoms. The number of nitrogens with one attached hydrogen (secondary N) is 1. The molecule has 0 aromatic carbocycles. The van der Waals surface area contributed by atoms with Crippen molar-refractivity contribution < 1.29 is 9.53 Å². The molecule has 2 aromatic heterocycles. The van der Waals surface area contributed by atoms with Crippen LogP contribution in [0.3, 0.4) is 0 Å². The van der Waals surface area contributed by atoms with Crippen LogP contribution in [-0.2, 0) is 4.79 Å². The summed E-state index contributed by atoms with van der Waals surface area (Å²) >= 11 is 0. The number of H-pyrrole nitrogens is 1. The summed E-state index contributed by atoms with van der Waals surface area (Å²) in [5, 5.41) is 0. The smallest absolute Gasteiger partial charge is 0.271 e. The van der Waals surface area contributed by atoms with Crippen molar-refractivity contribution in [3.8, 4) is 17.0 Å². The van der Waals surface area contributed by atoms with Gasteiger partial charge < -0.3 is 24.4 Å². The highest BCUT2D eigenvalue weighted by Crippen LogP contribution is 2.26. The highest BCUT2D eigenvalue weighted by Gasteiger charge is 2.30. The zero-order chi connectivity index (χ0) is 22.4. The molecule has 3 rings (SSSR count). The van der Waals surface area contributed by atoms with E-state index in [1.165, 1.54) is 0 Å². The van der Waals surface area contributed by atoms with Gasteiger partial charge in [0, 0.05) is 62.3 Å². The summed E-state index contributed by atoms with van der Waals surface area (Å²) in [4.78, 5) is 38.1. The second-order valence-corrected chi connectivity index (χ2v) is 7.87. The third kappa shape index (κ3) is 5.52. The standard InChI is InChI=1S/C23H31N5O3/c1-5-28(19-9-12-27(16-19)22(29)7-6-11-26(2)3)20-13-18(15-25-23(20)30)17-8-10-24-21(14-17)31-4/h6-8,10,13-15,19H,5,9,11-12,16H2,1-4H3,(H,25,30)/t19-/m1/s1. The first-order valence-electron chi connectivity index (χ1n) is 10.5. The number of methoxy groups -OCH3 is 1. The van der Waals surface area contributed by atoms with Crippen LogP contribution >= 0.6 is 0 Å². The Morgan fingerprint density at radius 2 is 2.16 bits per heavy atom. The number of anilines is 1. The number of rotatable bonds is 8. The average Bonchev–Trinajstić information content (AvgIpc) is 3.25. The van der Waals surface area contributed by atoms with Crippen LogP contribution in [-0.4, -0.2) is 79.1 Å². The van der Waals surface area contributed by atoms with Crippen LogP contribution in [0.4, 0.5) is 5.69 Å². The molecule has 1 saturated heterocycles. The number of aromatic amines is 1. The highest BCUT2D eigenvalue weighted by molar-refractivity contribution is 5.88. The maximum atomic E-state index is 12.7. The third-order valence-corrected chi connectivity index (χ3v) is 5.46. The Morgan fingerprint density at radius 3 is 2.87 bits per heavy atom. The lowest BCUT2D eigenvalue weighted by atomic mass is 10.1. The Hall–Kier alpha value is -3.13. The Kier molecular flexibility index (Phi) is 7.46. The van der Waals surface area contributed by atoms with Crippen molar-refractivity contribution >= 4 is 11.6 Å². The molecule has 0 saturated carbocycles. The van der Waals surface area contributed by atoms with Crippen molar-refractivity contribution in [1.29, 1.82) is 0 Å². The van der Waals surface area contributed by atoms with Gasteiger partial charge in [-0.3, -0.25) is 9.59 Å². The van der Waals surface area contributed by atoms with Crippen molar-refractivity contribution in [3.05, 3.63) is 53.1 Å². The molecule has 1 aliphatic rings. The summed E-state index contributed by atoms with van der Waals surface area (Å²) in [5.74, 6) is 0.539. The van der Waals surface area contributed by atoms with Gasteiger partial charge >= 0.3 is 0 Å². The van der Waals surface area contributed by atoms with Gasteiger partial charge in [0.1, 0.15) is 5.69 Å². The molecule has 2 aromatic rings. The molecule has 0 unspecified atom stereocenters. The number of carbonyl (C=O) groups excluding carboxylic acids is 1. The Labute approximate surface area is 183 Å². The van der Waals surface area contributed by atoms with Crippen molar-refractivity contribution in [1.82, 2.24) is 19.8 Å².